The Kier molecular flexibility index (Phi) is 9.73. The van der Waals surface area contributed by atoms with E-state index in [1.165, 1.54) is 0 Å². The summed E-state index contributed by atoms with van der Waals surface area (Å²) >= 11 is 0. The van der Waals surface area contributed by atoms with Crippen molar-refractivity contribution in [3.8, 4) is 23.0 Å². The number of Topliss-reactive ketones (excluding diaryl/α,β-unsaturated/α-hetero) is 1. The van der Waals surface area contributed by atoms with E-state index in [9.17, 15) is 9.59 Å². The lowest BCUT2D eigenvalue weighted by atomic mass is 9.66. The molecule has 0 aromatic heterocycles. The van der Waals surface area contributed by atoms with E-state index < -0.39 is 11.8 Å². The topological polar surface area (TPSA) is 92.7 Å². The van der Waals surface area contributed by atoms with Crippen LogP contribution in [0.4, 0.5) is 0 Å². The van der Waals surface area contributed by atoms with E-state index in [1.807, 2.05) is 50.2 Å². The van der Waals surface area contributed by atoms with E-state index in [-0.39, 0.29) is 23.8 Å². The van der Waals surface area contributed by atoms with E-state index in [1.54, 1.807) is 21.3 Å². The van der Waals surface area contributed by atoms with Crippen LogP contribution in [0.1, 0.15) is 88.2 Å². The third-order valence-electron chi connectivity index (χ3n) is 8.89. The molecule has 5 rings (SSSR count). The van der Waals surface area contributed by atoms with Gasteiger partial charge in [-0.05, 0) is 86.8 Å². The van der Waals surface area contributed by atoms with Crippen LogP contribution in [0.15, 0.2) is 52.7 Å². The van der Waals surface area contributed by atoms with Crippen LogP contribution in [0.25, 0.3) is 0 Å². The fourth-order valence-corrected chi connectivity index (χ4v) is 6.75. The molecular weight excluding hydrogens is 546 g/mol. The largest absolute Gasteiger partial charge is 0.493 e. The van der Waals surface area contributed by atoms with Crippen molar-refractivity contribution >= 4 is 17.5 Å². The summed E-state index contributed by atoms with van der Waals surface area (Å²) in [7, 11) is 4.81. The molecule has 43 heavy (non-hydrogen) atoms. The number of carbonyl (C=O) groups is 2. The number of benzene rings is 2. The molecule has 2 aromatic rings. The lowest BCUT2D eigenvalue weighted by molar-refractivity contribution is -0.146. The van der Waals surface area contributed by atoms with E-state index in [0.717, 1.165) is 55.4 Å². The Balaban J connectivity index is 1.54. The van der Waals surface area contributed by atoms with Gasteiger partial charge in [-0.2, -0.15) is 0 Å². The summed E-state index contributed by atoms with van der Waals surface area (Å²) in [4.78, 5) is 33.0. The third kappa shape index (κ3) is 6.43. The molecule has 2 fully saturated rings. The molecule has 0 spiro atoms. The summed E-state index contributed by atoms with van der Waals surface area (Å²) < 4.78 is 28.6. The van der Waals surface area contributed by atoms with Gasteiger partial charge >= 0.3 is 5.97 Å². The predicted octanol–water partition coefficient (Wildman–Crippen LogP) is 6.95. The highest BCUT2D eigenvalue weighted by Gasteiger charge is 2.46. The highest BCUT2D eigenvalue weighted by atomic mass is 16.5. The van der Waals surface area contributed by atoms with Gasteiger partial charge in [0, 0.05) is 23.7 Å². The summed E-state index contributed by atoms with van der Waals surface area (Å²) in [5, 5.41) is 0. The van der Waals surface area contributed by atoms with Gasteiger partial charge in [-0.15, -0.1) is 0 Å². The van der Waals surface area contributed by atoms with Gasteiger partial charge in [0.15, 0.2) is 23.0 Å². The number of methoxy groups -OCH3 is 3. The third-order valence-corrected chi connectivity index (χ3v) is 8.89. The van der Waals surface area contributed by atoms with Gasteiger partial charge in [0.05, 0.1) is 39.4 Å². The van der Waals surface area contributed by atoms with Crippen molar-refractivity contribution in [2.75, 3.05) is 27.9 Å². The maximum atomic E-state index is 14.1. The summed E-state index contributed by atoms with van der Waals surface area (Å²) in [5.74, 6) is 0.977. The molecule has 0 radical (unpaired) electrons. The molecule has 1 aliphatic heterocycles. The van der Waals surface area contributed by atoms with Gasteiger partial charge in [0.2, 0.25) is 0 Å². The predicted molar refractivity (Wildman–Crippen MR) is 165 cm³/mol. The Hall–Kier alpha value is -3.81. The maximum Gasteiger partial charge on any atom is 0.336 e. The van der Waals surface area contributed by atoms with Crippen molar-refractivity contribution in [1.29, 1.82) is 0 Å². The minimum Gasteiger partial charge on any atom is -0.493 e. The standard InChI is InChI=1S/C35H43NO7/c1-6-16-42-29-15-13-23(20-31(29)41-5)33-32(35(38)43-25-10-8-7-9-11-25)21(2)36-26-17-24(18-27(37)34(26)33)22-12-14-28(39-3)30(19-22)40-4/h12-15,19-20,24-25,33-34H,6-11,16-18H2,1-5H3/t24-,33+,34?/m1/s1. The molecule has 2 saturated carbocycles. The number of aliphatic imine (C=N–C) groups is 1. The van der Waals surface area contributed by atoms with Crippen LogP contribution in [0.3, 0.4) is 0 Å². The lowest BCUT2D eigenvalue weighted by Crippen LogP contribution is -2.41. The van der Waals surface area contributed by atoms with Gasteiger partial charge in [0.25, 0.3) is 0 Å². The molecule has 0 N–H and O–H groups in total. The summed E-state index contributed by atoms with van der Waals surface area (Å²) in [6.45, 7) is 4.46. The Bertz CT molecular complexity index is 1400. The molecule has 8 heteroatoms. The molecule has 8 nitrogen and oxygen atoms in total. The lowest BCUT2D eigenvalue weighted by Gasteiger charge is -2.38. The SMILES string of the molecule is CCCOc1ccc([C@H]2C(C(=O)OC3CCCCC3)=C(C)N=C3C[C@@H](c4ccc(OC)c(OC)c4)CC(=O)C32)cc1OC. The number of carbonyl (C=O) groups excluding carboxylic acids is 2. The van der Waals surface area contributed by atoms with Crippen molar-refractivity contribution in [1.82, 2.24) is 0 Å². The second-order valence-corrected chi connectivity index (χ2v) is 11.7. The summed E-state index contributed by atoms with van der Waals surface area (Å²) in [5.41, 5.74) is 3.65. The van der Waals surface area contributed by atoms with Gasteiger partial charge in [-0.25, -0.2) is 4.79 Å². The molecule has 2 aliphatic carbocycles. The Morgan fingerprint density at radius 1 is 0.837 bits per heavy atom. The number of hydrogen-bond acceptors (Lipinski definition) is 8. The normalized spacial score (nSPS) is 22.4. The minimum atomic E-state index is -0.568. The van der Waals surface area contributed by atoms with Crippen LogP contribution in [0.5, 0.6) is 23.0 Å². The van der Waals surface area contributed by atoms with Crippen LogP contribution in [-0.2, 0) is 14.3 Å². The first-order valence-corrected chi connectivity index (χ1v) is 15.4. The number of ketones is 1. The molecule has 3 atom stereocenters. The first-order chi connectivity index (χ1) is 20.9. The fourth-order valence-electron chi connectivity index (χ4n) is 6.75. The quantitative estimate of drug-likeness (QED) is 0.277. The number of fused-ring (bicyclic) bond motifs is 1. The maximum absolute atomic E-state index is 14.1. The molecule has 0 saturated heterocycles. The van der Waals surface area contributed by atoms with E-state index in [2.05, 4.69) is 0 Å². The molecule has 2 aromatic carbocycles. The highest BCUT2D eigenvalue weighted by Crippen LogP contribution is 2.48. The smallest absolute Gasteiger partial charge is 0.336 e. The van der Waals surface area contributed by atoms with Crippen LogP contribution < -0.4 is 18.9 Å². The average molecular weight is 590 g/mol. The van der Waals surface area contributed by atoms with E-state index in [4.69, 9.17) is 28.7 Å². The first kappa shape index (κ1) is 30.6. The Morgan fingerprint density at radius 2 is 1.49 bits per heavy atom. The zero-order valence-corrected chi connectivity index (χ0v) is 25.9. The van der Waals surface area contributed by atoms with E-state index in [0.29, 0.717) is 53.7 Å². The number of rotatable bonds is 10. The number of hydrogen-bond donors (Lipinski definition) is 0. The van der Waals surface area contributed by atoms with Crippen molar-refractivity contribution in [2.45, 2.75) is 83.2 Å². The van der Waals surface area contributed by atoms with Crippen LogP contribution in [-0.4, -0.2) is 51.5 Å². The van der Waals surface area contributed by atoms with Crippen LogP contribution in [0.2, 0.25) is 0 Å². The number of ether oxygens (including phenoxy) is 5. The first-order valence-electron chi connectivity index (χ1n) is 15.4. The molecule has 3 aliphatic rings. The van der Waals surface area contributed by atoms with Gasteiger partial charge in [-0.1, -0.05) is 25.5 Å². The molecule has 1 unspecified atom stereocenters. The van der Waals surface area contributed by atoms with Gasteiger partial charge in [-0.3, -0.25) is 9.79 Å². The molecule has 1 heterocycles. The fraction of sp³-hybridized carbons (Fsp3) is 0.514. The van der Waals surface area contributed by atoms with Crippen molar-refractivity contribution < 1.29 is 33.3 Å². The number of allylic oxidation sites excluding steroid dienone is 1. The minimum absolute atomic E-state index is 0.0514. The second-order valence-electron chi connectivity index (χ2n) is 11.7. The monoisotopic (exact) mass is 589 g/mol. The molecule has 230 valence electrons. The Labute approximate surface area is 254 Å². The average Bonchev–Trinajstić information content (AvgIpc) is 3.02. The molecule has 0 amide bonds. The summed E-state index contributed by atoms with van der Waals surface area (Å²) in [6.07, 6.45) is 6.68. The van der Waals surface area contributed by atoms with Crippen LogP contribution in [0, 0.1) is 5.92 Å². The van der Waals surface area contributed by atoms with Crippen molar-refractivity contribution in [2.24, 2.45) is 10.9 Å². The number of esters is 1. The molecule has 0 bridgehead atoms. The van der Waals surface area contributed by atoms with Crippen molar-refractivity contribution in [3.05, 3.63) is 58.8 Å². The zero-order chi connectivity index (χ0) is 30.5. The molecular formula is C35H43NO7. The highest BCUT2D eigenvalue weighted by molar-refractivity contribution is 6.12. The zero-order valence-electron chi connectivity index (χ0n) is 25.9. The van der Waals surface area contributed by atoms with Gasteiger partial charge < -0.3 is 23.7 Å². The number of nitrogens with zero attached hydrogens (tertiary/aromatic N) is 1. The second kappa shape index (κ2) is 13.7. The Morgan fingerprint density at radius 3 is 2.19 bits per heavy atom. The summed E-state index contributed by atoms with van der Waals surface area (Å²) in [6, 6.07) is 11.5. The van der Waals surface area contributed by atoms with Crippen LogP contribution >= 0.6 is 0 Å². The van der Waals surface area contributed by atoms with Gasteiger partial charge in [0.1, 0.15) is 11.9 Å². The van der Waals surface area contributed by atoms with E-state index >= 15 is 0 Å². The van der Waals surface area contributed by atoms with Crippen molar-refractivity contribution in [3.63, 3.8) is 0 Å².